The van der Waals surface area contributed by atoms with Gasteiger partial charge in [-0.2, -0.15) is 0 Å². The summed E-state index contributed by atoms with van der Waals surface area (Å²) < 4.78 is 7.08. The molecule has 0 spiro atoms. The maximum Gasteiger partial charge on any atom is 0.332 e. The SMILES string of the molecule is O=C(O)C1CCC(CNc2nccn(C3CC3)c2=O)O1. The molecule has 0 radical (unpaired) electrons. The third-order valence-electron chi connectivity index (χ3n) is 3.69. The number of nitrogens with one attached hydrogen (secondary N) is 1. The molecule has 1 aromatic heterocycles. The van der Waals surface area contributed by atoms with Gasteiger partial charge in [-0.1, -0.05) is 0 Å². The van der Waals surface area contributed by atoms with E-state index in [1.807, 2.05) is 0 Å². The minimum atomic E-state index is -0.929. The van der Waals surface area contributed by atoms with E-state index >= 15 is 0 Å². The molecule has 0 bridgehead atoms. The average molecular weight is 279 g/mol. The number of aliphatic carboxylic acids is 1. The number of nitrogens with zero attached hydrogens (tertiary/aromatic N) is 2. The van der Waals surface area contributed by atoms with Crippen LogP contribution in [-0.2, 0) is 9.53 Å². The third-order valence-corrected chi connectivity index (χ3v) is 3.69. The van der Waals surface area contributed by atoms with Crippen LogP contribution in [0.25, 0.3) is 0 Å². The molecule has 0 amide bonds. The maximum absolute atomic E-state index is 12.1. The summed E-state index contributed by atoms with van der Waals surface area (Å²) in [7, 11) is 0. The zero-order valence-corrected chi connectivity index (χ0v) is 11.0. The van der Waals surface area contributed by atoms with Crippen LogP contribution < -0.4 is 10.9 Å². The van der Waals surface area contributed by atoms with Gasteiger partial charge >= 0.3 is 5.97 Å². The molecule has 1 aliphatic heterocycles. The first-order valence-electron chi connectivity index (χ1n) is 6.84. The van der Waals surface area contributed by atoms with E-state index < -0.39 is 12.1 Å². The van der Waals surface area contributed by atoms with E-state index in [2.05, 4.69) is 10.3 Å². The van der Waals surface area contributed by atoms with Crippen molar-refractivity contribution in [3.05, 3.63) is 22.7 Å². The molecule has 2 heterocycles. The second-order valence-corrected chi connectivity index (χ2v) is 5.26. The lowest BCUT2D eigenvalue weighted by Crippen LogP contribution is -2.29. The van der Waals surface area contributed by atoms with Crippen molar-refractivity contribution in [3.8, 4) is 0 Å². The predicted octanol–water partition coefficient (Wildman–Crippen LogP) is 0.622. The highest BCUT2D eigenvalue weighted by Crippen LogP contribution is 2.33. The first-order valence-corrected chi connectivity index (χ1v) is 6.84. The molecule has 108 valence electrons. The summed E-state index contributed by atoms with van der Waals surface area (Å²) in [5.74, 6) is -0.622. The average Bonchev–Trinajstić information content (AvgIpc) is 3.15. The molecule has 2 unspecified atom stereocenters. The summed E-state index contributed by atoms with van der Waals surface area (Å²) in [4.78, 5) is 27.0. The number of hydrogen-bond acceptors (Lipinski definition) is 5. The minimum absolute atomic E-state index is 0.122. The van der Waals surface area contributed by atoms with Crippen LogP contribution in [0.2, 0.25) is 0 Å². The van der Waals surface area contributed by atoms with Crippen LogP contribution in [-0.4, -0.2) is 39.4 Å². The molecular formula is C13H17N3O4. The van der Waals surface area contributed by atoms with Crippen molar-refractivity contribution >= 4 is 11.8 Å². The van der Waals surface area contributed by atoms with Gasteiger partial charge in [0, 0.05) is 25.0 Å². The Kier molecular flexibility index (Phi) is 3.43. The Morgan fingerprint density at radius 1 is 1.45 bits per heavy atom. The number of rotatable bonds is 5. The Morgan fingerprint density at radius 3 is 2.90 bits per heavy atom. The first kappa shape index (κ1) is 13.1. The fourth-order valence-corrected chi connectivity index (χ4v) is 2.43. The van der Waals surface area contributed by atoms with E-state index in [4.69, 9.17) is 9.84 Å². The Hall–Kier alpha value is -1.89. The van der Waals surface area contributed by atoms with Crippen molar-refractivity contribution in [1.29, 1.82) is 0 Å². The highest BCUT2D eigenvalue weighted by molar-refractivity contribution is 5.72. The third kappa shape index (κ3) is 2.67. The lowest BCUT2D eigenvalue weighted by Gasteiger charge is -2.13. The van der Waals surface area contributed by atoms with E-state index in [1.165, 1.54) is 0 Å². The maximum atomic E-state index is 12.1. The molecule has 3 rings (SSSR count). The van der Waals surface area contributed by atoms with Gasteiger partial charge in [0.1, 0.15) is 0 Å². The molecule has 7 nitrogen and oxygen atoms in total. The van der Waals surface area contributed by atoms with E-state index in [9.17, 15) is 9.59 Å². The van der Waals surface area contributed by atoms with Gasteiger partial charge in [-0.3, -0.25) is 4.79 Å². The normalized spacial score (nSPS) is 25.6. The van der Waals surface area contributed by atoms with Crippen LogP contribution in [0.1, 0.15) is 31.7 Å². The van der Waals surface area contributed by atoms with Gasteiger partial charge in [0.15, 0.2) is 11.9 Å². The van der Waals surface area contributed by atoms with Crippen molar-refractivity contribution in [3.63, 3.8) is 0 Å². The topological polar surface area (TPSA) is 93.5 Å². The molecule has 1 saturated carbocycles. The summed E-state index contributed by atoms with van der Waals surface area (Å²) in [5.41, 5.74) is -0.122. The number of hydrogen-bond donors (Lipinski definition) is 2. The van der Waals surface area contributed by atoms with Gasteiger partial charge in [-0.15, -0.1) is 0 Å². The van der Waals surface area contributed by atoms with Crippen molar-refractivity contribution in [2.24, 2.45) is 0 Å². The monoisotopic (exact) mass is 279 g/mol. The van der Waals surface area contributed by atoms with Crippen LogP contribution in [0.3, 0.4) is 0 Å². The van der Waals surface area contributed by atoms with Gasteiger partial charge in [0.2, 0.25) is 0 Å². The molecule has 20 heavy (non-hydrogen) atoms. The second kappa shape index (κ2) is 5.24. The fourth-order valence-electron chi connectivity index (χ4n) is 2.43. The number of carboxylic acid groups (broad SMARTS) is 1. The van der Waals surface area contributed by atoms with Gasteiger partial charge in [-0.05, 0) is 25.7 Å². The van der Waals surface area contributed by atoms with Crippen LogP contribution in [0, 0.1) is 0 Å². The molecule has 1 saturated heterocycles. The van der Waals surface area contributed by atoms with Crippen LogP contribution in [0.4, 0.5) is 5.82 Å². The lowest BCUT2D eigenvalue weighted by atomic mass is 10.2. The Labute approximate surface area is 115 Å². The van der Waals surface area contributed by atoms with Crippen LogP contribution >= 0.6 is 0 Å². The number of aromatic nitrogens is 2. The molecule has 0 aromatic carbocycles. The predicted molar refractivity (Wildman–Crippen MR) is 70.8 cm³/mol. The lowest BCUT2D eigenvalue weighted by molar-refractivity contribution is -0.149. The van der Waals surface area contributed by atoms with Crippen molar-refractivity contribution in [1.82, 2.24) is 9.55 Å². The highest BCUT2D eigenvalue weighted by atomic mass is 16.5. The number of carboxylic acids is 1. The van der Waals surface area contributed by atoms with Gasteiger partial charge in [0.05, 0.1) is 6.10 Å². The molecular weight excluding hydrogens is 262 g/mol. The van der Waals surface area contributed by atoms with Crippen molar-refractivity contribution in [2.75, 3.05) is 11.9 Å². The van der Waals surface area contributed by atoms with E-state index in [1.54, 1.807) is 17.0 Å². The zero-order valence-electron chi connectivity index (χ0n) is 11.0. The quantitative estimate of drug-likeness (QED) is 0.820. The van der Waals surface area contributed by atoms with Crippen LogP contribution in [0.15, 0.2) is 17.2 Å². The molecule has 2 atom stereocenters. The molecule has 2 fully saturated rings. The second-order valence-electron chi connectivity index (χ2n) is 5.26. The number of anilines is 1. The Bertz CT molecular complexity index is 567. The van der Waals surface area contributed by atoms with E-state index in [-0.39, 0.29) is 11.7 Å². The molecule has 1 aliphatic carbocycles. The van der Waals surface area contributed by atoms with E-state index in [0.29, 0.717) is 31.2 Å². The van der Waals surface area contributed by atoms with E-state index in [0.717, 1.165) is 12.8 Å². The highest BCUT2D eigenvalue weighted by Gasteiger charge is 2.30. The minimum Gasteiger partial charge on any atom is -0.479 e. The molecule has 2 N–H and O–H groups in total. The van der Waals surface area contributed by atoms with Gasteiger partial charge < -0.3 is 19.7 Å². The summed E-state index contributed by atoms with van der Waals surface area (Å²) >= 11 is 0. The van der Waals surface area contributed by atoms with Crippen molar-refractivity contribution in [2.45, 2.75) is 43.9 Å². The number of carbonyl (C=O) groups is 1. The van der Waals surface area contributed by atoms with Crippen molar-refractivity contribution < 1.29 is 14.6 Å². The molecule has 2 aliphatic rings. The summed E-state index contributed by atoms with van der Waals surface area (Å²) in [6.45, 7) is 0.403. The largest absolute Gasteiger partial charge is 0.479 e. The van der Waals surface area contributed by atoms with Crippen LogP contribution in [0.5, 0.6) is 0 Å². The Morgan fingerprint density at radius 2 is 2.25 bits per heavy atom. The van der Waals surface area contributed by atoms with Gasteiger partial charge in [0.25, 0.3) is 5.56 Å². The standard InChI is InChI=1S/C13H17N3O4/c17-12-11(14-5-6-16(12)8-1-2-8)15-7-9-3-4-10(20-9)13(18)19/h5-6,8-10H,1-4,7H2,(H,14,15)(H,18,19). The Balaban J connectivity index is 1.60. The summed E-state index contributed by atoms with van der Waals surface area (Å²) in [5, 5.41) is 11.8. The van der Waals surface area contributed by atoms with Gasteiger partial charge in [-0.25, -0.2) is 9.78 Å². The first-order chi connectivity index (χ1) is 9.65. The molecule has 1 aromatic rings. The smallest absolute Gasteiger partial charge is 0.332 e. The summed E-state index contributed by atoms with van der Waals surface area (Å²) in [6.07, 6.45) is 5.66. The zero-order chi connectivity index (χ0) is 14.1. The number of ether oxygens (including phenoxy) is 1. The summed E-state index contributed by atoms with van der Waals surface area (Å²) in [6, 6.07) is 0.310. The molecule has 7 heteroatoms. The fraction of sp³-hybridized carbons (Fsp3) is 0.615.